The van der Waals surface area contributed by atoms with E-state index in [2.05, 4.69) is 10.0 Å². The van der Waals surface area contributed by atoms with Crippen molar-refractivity contribution >= 4 is 33.1 Å². The number of carbonyl (C=O) groups is 1. The van der Waals surface area contributed by atoms with Crippen molar-refractivity contribution in [3.05, 3.63) is 35.4 Å². The van der Waals surface area contributed by atoms with Gasteiger partial charge in [0, 0.05) is 24.2 Å². The molecule has 1 aromatic carbocycles. The Kier molecular flexibility index (Phi) is 6.05. The highest BCUT2D eigenvalue weighted by Gasteiger charge is 2.10. The zero-order chi connectivity index (χ0) is 15.2. The van der Waals surface area contributed by atoms with Crippen LogP contribution in [0.15, 0.2) is 24.3 Å². The third-order valence-electron chi connectivity index (χ3n) is 2.45. The molecule has 1 rings (SSSR count). The van der Waals surface area contributed by atoms with Crippen molar-refractivity contribution in [2.75, 3.05) is 18.8 Å². The summed E-state index contributed by atoms with van der Waals surface area (Å²) in [5, 5.41) is 2.54. The Labute approximate surface area is 123 Å². The number of hydrogen-bond donors (Lipinski definition) is 3. The minimum atomic E-state index is -3.33. The average molecular weight is 315 g/mol. The highest BCUT2D eigenvalue weighted by Crippen LogP contribution is 2.04. The van der Waals surface area contributed by atoms with Crippen LogP contribution in [0, 0.1) is 0 Å². The van der Waals surface area contributed by atoms with E-state index in [0.29, 0.717) is 17.7 Å². The van der Waals surface area contributed by atoms with Gasteiger partial charge in [0.1, 0.15) is 4.99 Å². The number of carbonyl (C=O) groups excluding carboxylic acids is 1. The van der Waals surface area contributed by atoms with Crippen LogP contribution in [-0.4, -0.2) is 38.2 Å². The normalized spacial score (nSPS) is 11.1. The van der Waals surface area contributed by atoms with E-state index < -0.39 is 10.0 Å². The molecule has 0 unspecified atom stereocenters. The lowest BCUT2D eigenvalue weighted by Gasteiger charge is -2.07. The smallest absolute Gasteiger partial charge is 0.251 e. The van der Waals surface area contributed by atoms with Crippen molar-refractivity contribution in [2.24, 2.45) is 5.73 Å². The van der Waals surface area contributed by atoms with Crippen LogP contribution in [0.25, 0.3) is 0 Å². The predicted octanol–water partition coefficient (Wildman–Crippen LogP) is -0.0101. The number of benzene rings is 1. The molecule has 0 saturated carbocycles. The van der Waals surface area contributed by atoms with Crippen LogP contribution < -0.4 is 15.8 Å². The van der Waals surface area contributed by atoms with E-state index in [1.165, 1.54) is 0 Å². The van der Waals surface area contributed by atoms with Gasteiger partial charge in [-0.3, -0.25) is 4.79 Å². The largest absolute Gasteiger partial charge is 0.389 e. The molecule has 0 aromatic heterocycles. The Morgan fingerprint density at radius 1 is 1.25 bits per heavy atom. The summed E-state index contributed by atoms with van der Waals surface area (Å²) in [6.07, 6.45) is 0. The molecule has 0 bridgehead atoms. The van der Waals surface area contributed by atoms with Crippen LogP contribution in [0.2, 0.25) is 0 Å². The first-order valence-corrected chi connectivity index (χ1v) is 8.07. The van der Waals surface area contributed by atoms with E-state index in [1.807, 2.05) is 0 Å². The molecule has 0 aliphatic heterocycles. The van der Waals surface area contributed by atoms with Gasteiger partial charge in [-0.25, -0.2) is 13.1 Å². The third kappa shape index (κ3) is 5.24. The van der Waals surface area contributed by atoms with Crippen molar-refractivity contribution in [3.8, 4) is 0 Å². The zero-order valence-corrected chi connectivity index (χ0v) is 12.7. The summed E-state index contributed by atoms with van der Waals surface area (Å²) in [6, 6.07) is 6.46. The van der Waals surface area contributed by atoms with Crippen molar-refractivity contribution in [3.63, 3.8) is 0 Å². The van der Waals surface area contributed by atoms with Crippen LogP contribution >= 0.6 is 12.2 Å². The number of nitrogens with two attached hydrogens (primary N) is 1. The molecule has 8 heteroatoms. The Bertz CT molecular complexity index is 582. The summed E-state index contributed by atoms with van der Waals surface area (Å²) in [5.74, 6) is -0.497. The number of nitrogens with one attached hydrogen (secondary N) is 2. The van der Waals surface area contributed by atoms with E-state index in [4.69, 9.17) is 18.0 Å². The lowest BCUT2D eigenvalue weighted by atomic mass is 10.1. The van der Waals surface area contributed by atoms with Crippen LogP contribution in [0.4, 0.5) is 0 Å². The van der Waals surface area contributed by atoms with Crippen LogP contribution in [-0.2, 0) is 10.0 Å². The maximum atomic E-state index is 11.8. The van der Waals surface area contributed by atoms with Crippen LogP contribution in [0.5, 0.6) is 0 Å². The van der Waals surface area contributed by atoms with Gasteiger partial charge in [0.25, 0.3) is 5.91 Å². The quantitative estimate of drug-likeness (QED) is 0.614. The van der Waals surface area contributed by atoms with Gasteiger partial charge in [-0.05, 0) is 12.1 Å². The summed E-state index contributed by atoms with van der Waals surface area (Å²) in [6.45, 7) is 2.07. The molecule has 0 spiro atoms. The van der Waals surface area contributed by atoms with Gasteiger partial charge in [-0.1, -0.05) is 31.3 Å². The molecular formula is C12H17N3O3S2. The second kappa shape index (κ2) is 7.32. The minimum absolute atomic E-state index is 0.0468. The van der Waals surface area contributed by atoms with E-state index in [-0.39, 0.29) is 23.2 Å². The van der Waals surface area contributed by atoms with Gasteiger partial charge in [0.05, 0.1) is 5.75 Å². The zero-order valence-electron chi connectivity index (χ0n) is 11.0. The Balaban J connectivity index is 2.53. The minimum Gasteiger partial charge on any atom is -0.389 e. The summed E-state index contributed by atoms with van der Waals surface area (Å²) in [4.78, 5) is 12.0. The molecule has 0 saturated heterocycles. The maximum absolute atomic E-state index is 11.8. The first-order chi connectivity index (χ1) is 9.35. The fourth-order valence-electron chi connectivity index (χ4n) is 1.48. The summed E-state index contributed by atoms with van der Waals surface area (Å²) < 4.78 is 25.1. The fourth-order valence-corrected chi connectivity index (χ4v) is 2.57. The molecular weight excluding hydrogens is 298 g/mol. The highest BCUT2D eigenvalue weighted by molar-refractivity contribution is 7.89. The molecule has 4 N–H and O–H groups in total. The maximum Gasteiger partial charge on any atom is 0.251 e. The Hall–Kier alpha value is -1.51. The lowest BCUT2D eigenvalue weighted by molar-refractivity contribution is 0.0956. The predicted molar refractivity (Wildman–Crippen MR) is 82.1 cm³/mol. The first kappa shape index (κ1) is 16.5. The molecule has 0 aliphatic rings. The molecule has 1 aromatic rings. The second-order valence-corrected chi connectivity index (χ2v) is 6.38. The lowest BCUT2D eigenvalue weighted by Crippen LogP contribution is -2.34. The molecule has 0 atom stereocenters. The standard InChI is InChI=1S/C12H17N3O3S2/c1-2-15-20(17,18)8-7-14-12(16)10-5-3-9(4-6-10)11(13)19/h3-6,15H,2,7-8H2,1H3,(H2,13,19)(H,14,16). The third-order valence-corrected chi connectivity index (χ3v) is 4.16. The van der Waals surface area contributed by atoms with Crippen molar-refractivity contribution in [1.82, 2.24) is 10.0 Å². The van der Waals surface area contributed by atoms with Crippen LogP contribution in [0.3, 0.4) is 0 Å². The van der Waals surface area contributed by atoms with Gasteiger partial charge < -0.3 is 11.1 Å². The van der Waals surface area contributed by atoms with Gasteiger partial charge in [-0.2, -0.15) is 0 Å². The van der Waals surface area contributed by atoms with Gasteiger partial charge in [0.15, 0.2) is 0 Å². The van der Waals surface area contributed by atoms with Crippen molar-refractivity contribution in [2.45, 2.75) is 6.92 Å². The molecule has 0 heterocycles. The summed E-state index contributed by atoms with van der Waals surface area (Å²) in [5.41, 5.74) is 6.55. The monoisotopic (exact) mass is 315 g/mol. The number of amides is 1. The van der Waals surface area contributed by atoms with E-state index in [1.54, 1.807) is 31.2 Å². The molecule has 110 valence electrons. The molecule has 0 fully saturated rings. The molecule has 6 nitrogen and oxygen atoms in total. The topological polar surface area (TPSA) is 101 Å². The number of thiocarbonyl (C=S) groups is 1. The molecule has 1 amide bonds. The highest BCUT2D eigenvalue weighted by atomic mass is 32.2. The SMILES string of the molecule is CCNS(=O)(=O)CCNC(=O)c1ccc(C(N)=S)cc1. The van der Waals surface area contributed by atoms with Crippen molar-refractivity contribution < 1.29 is 13.2 Å². The first-order valence-electron chi connectivity index (χ1n) is 6.01. The second-order valence-electron chi connectivity index (χ2n) is 4.01. The Morgan fingerprint density at radius 2 is 1.80 bits per heavy atom. The van der Waals surface area contributed by atoms with Gasteiger partial charge in [0.2, 0.25) is 10.0 Å². The van der Waals surface area contributed by atoms with E-state index in [9.17, 15) is 13.2 Å². The van der Waals surface area contributed by atoms with Gasteiger partial charge >= 0.3 is 0 Å². The van der Waals surface area contributed by atoms with Crippen molar-refractivity contribution in [1.29, 1.82) is 0 Å². The fraction of sp³-hybridized carbons (Fsp3) is 0.333. The van der Waals surface area contributed by atoms with Crippen LogP contribution in [0.1, 0.15) is 22.8 Å². The molecule has 0 radical (unpaired) electrons. The number of rotatable bonds is 7. The summed E-state index contributed by atoms with van der Waals surface area (Å²) >= 11 is 4.81. The molecule has 0 aliphatic carbocycles. The number of hydrogen-bond acceptors (Lipinski definition) is 4. The average Bonchev–Trinajstić information content (AvgIpc) is 2.38. The Morgan fingerprint density at radius 3 is 2.30 bits per heavy atom. The molecule has 20 heavy (non-hydrogen) atoms. The van der Waals surface area contributed by atoms with E-state index in [0.717, 1.165) is 0 Å². The van der Waals surface area contributed by atoms with E-state index >= 15 is 0 Å². The summed E-state index contributed by atoms with van der Waals surface area (Å²) in [7, 11) is -3.33. The van der Waals surface area contributed by atoms with Gasteiger partial charge in [-0.15, -0.1) is 0 Å². The number of sulfonamides is 1.